The first-order chi connectivity index (χ1) is 13.7. The van der Waals surface area contributed by atoms with E-state index < -0.39 is 6.03 Å². The van der Waals surface area contributed by atoms with Crippen LogP contribution in [0.4, 0.5) is 10.5 Å². The summed E-state index contributed by atoms with van der Waals surface area (Å²) in [6.45, 7) is 0. The van der Waals surface area contributed by atoms with Gasteiger partial charge in [-0.3, -0.25) is 0 Å². The molecule has 0 saturated carbocycles. The maximum Gasteiger partial charge on any atom is 0.339 e. The Morgan fingerprint density at radius 1 is 0.893 bits per heavy atom. The predicted octanol–water partition coefficient (Wildman–Crippen LogP) is 5.16. The highest BCUT2D eigenvalue weighted by Gasteiger charge is 2.04. The summed E-state index contributed by atoms with van der Waals surface area (Å²) in [6, 6.07) is 25.1. The number of nitrogens with zero attached hydrogens (tertiary/aromatic N) is 1. The number of carbonyl (C=O) groups excluding carboxylic acids is 1. The second-order valence-electron chi connectivity index (χ2n) is 6.32. The fourth-order valence-electron chi connectivity index (χ4n) is 3.10. The molecular formula is C23H19N3O2. The minimum atomic E-state index is -0.391. The molecule has 2 N–H and O–H groups in total. The Balaban J connectivity index is 1.44. The molecule has 0 unspecified atom stereocenters. The lowest BCUT2D eigenvalue weighted by molar-refractivity contribution is 0.252. The van der Waals surface area contributed by atoms with E-state index in [4.69, 9.17) is 4.74 Å². The van der Waals surface area contributed by atoms with Gasteiger partial charge in [-0.2, -0.15) is 5.10 Å². The molecule has 28 heavy (non-hydrogen) atoms. The zero-order chi connectivity index (χ0) is 19.3. The number of hydrogen-bond acceptors (Lipinski definition) is 3. The first kappa shape index (κ1) is 17.5. The molecule has 0 spiro atoms. The standard InChI is InChI=1S/C23H19N3O2/c1-28-20-12-11-18-13-16(9-10-19(18)14-20)15-24-26-23(27)25-22-8-4-6-17-5-2-3-7-21(17)22/h2-15H,1H3,(H2,25,26,27)/b24-15-. The first-order valence-electron chi connectivity index (χ1n) is 8.88. The van der Waals surface area contributed by atoms with E-state index in [0.717, 1.165) is 38.5 Å². The quantitative estimate of drug-likeness (QED) is 0.386. The molecule has 0 aliphatic carbocycles. The molecule has 0 fully saturated rings. The van der Waals surface area contributed by atoms with E-state index >= 15 is 0 Å². The van der Waals surface area contributed by atoms with Crippen LogP contribution in [0.3, 0.4) is 0 Å². The third kappa shape index (κ3) is 3.78. The number of fused-ring (bicyclic) bond motifs is 2. The molecule has 2 amide bonds. The van der Waals surface area contributed by atoms with Gasteiger partial charge in [-0.05, 0) is 46.0 Å². The monoisotopic (exact) mass is 369 g/mol. The maximum absolute atomic E-state index is 12.2. The molecule has 4 aromatic rings. The summed E-state index contributed by atoms with van der Waals surface area (Å²) in [5, 5.41) is 11.1. The molecule has 4 aromatic carbocycles. The van der Waals surface area contributed by atoms with Crippen LogP contribution in [0.2, 0.25) is 0 Å². The minimum absolute atomic E-state index is 0.391. The number of nitrogens with one attached hydrogen (secondary N) is 2. The Hall–Kier alpha value is -3.86. The lowest BCUT2D eigenvalue weighted by Gasteiger charge is -2.08. The Bertz CT molecular complexity index is 1180. The summed E-state index contributed by atoms with van der Waals surface area (Å²) in [5.74, 6) is 0.820. The number of methoxy groups -OCH3 is 1. The Kier molecular flexibility index (Phi) is 4.89. The van der Waals surface area contributed by atoms with Crippen molar-refractivity contribution < 1.29 is 9.53 Å². The van der Waals surface area contributed by atoms with Gasteiger partial charge in [-0.25, -0.2) is 10.2 Å². The van der Waals surface area contributed by atoms with Gasteiger partial charge in [0.25, 0.3) is 0 Å². The van der Waals surface area contributed by atoms with Crippen molar-refractivity contribution in [2.75, 3.05) is 12.4 Å². The van der Waals surface area contributed by atoms with E-state index in [2.05, 4.69) is 15.8 Å². The van der Waals surface area contributed by atoms with Crippen LogP contribution in [0.1, 0.15) is 5.56 Å². The van der Waals surface area contributed by atoms with Gasteiger partial charge in [0.15, 0.2) is 0 Å². The van der Waals surface area contributed by atoms with Crippen LogP contribution < -0.4 is 15.5 Å². The molecular weight excluding hydrogens is 350 g/mol. The topological polar surface area (TPSA) is 62.7 Å². The summed E-state index contributed by atoms with van der Waals surface area (Å²) >= 11 is 0. The summed E-state index contributed by atoms with van der Waals surface area (Å²) in [7, 11) is 1.65. The van der Waals surface area contributed by atoms with Crippen molar-refractivity contribution in [1.29, 1.82) is 0 Å². The van der Waals surface area contributed by atoms with Crippen LogP contribution >= 0.6 is 0 Å². The van der Waals surface area contributed by atoms with Gasteiger partial charge >= 0.3 is 6.03 Å². The zero-order valence-corrected chi connectivity index (χ0v) is 15.3. The Labute approximate surface area is 162 Å². The van der Waals surface area contributed by atoms with E-state index in [1.807, 2.05) is 78.9 Å². The number of urea groups is 1. The molecule has 0 bridgehead atoms. The smallest absolute Gasteiger partial charge is 0.339 e. The lowest BCUT2D eigenvalue weighted by Crippen LogP contribution is -2.24. The van der Waals surface area contributed by atoms with Gasteiger partial charge in [0.1, 0.15) is 5.75 Å². The second kappa shape index (κ2) is 7.80. The van der Waals surface area contributed by atoms with E-state index in [1.54, 1.807) is 13.3 Å². The molecule has 4 rings (SSSR count). The molecule has 0 saturated heterocycles. The number of ether oxygens (including phenoxy) is 1. The van der Waals surface area contributed by atoms with E-state index in [-0.39, 0.29) is 0 Å². The predicted molar refractivity (Wildman–Crippen MR) is 114 cm³/mol. The third-order valence-corrected chi connectivity index (χ3v) is 4.49. The highest BCUT2D eigenvalue weighted by atomic mass is 16.5. The highest BCUT2D eigenvalue weighted by molar-refractivity contribution is 6.01. The van der Waals surface area contributed by atoms with Crippen molar-refractivity contribution in [1.82, 2.24) is 5.43 Å². The molecule has 0 aliphatic heterocycles. The maximum atomic E-state index is 12.2. The van der Waals surface area contributed by atoms with E-state index in [1.165, 1.54) is 0 Å². The Morgan fingerprint density at radius 2 is 1.68 bits per heavy atom. The average Bonchev–Trinajstić information content (AvgIpc) is 2.73. The number of hydrazone groups is 1. The van der Waals surface area contributed by atoms with Crippen molar-refractivity contribution in [3.05, 3.63) is 84.4 Å². The molecule has 0 radical (unpaired) electrons. The molecule has 138 valence electrons. The van der Waals surface area contributed by atoms with Crippen molar-refractivity contribution >= 4 is 39.5 Å². The van der Waals surface area contributed by atoms with Crippen LogP contribution in [0.5, 0.6) is 5.75 Å². The minimum Gasteiger partial charge on any atom is -0.497 e. The molecule has 0 aromatic heterocycles. The van der Waals surface area contributed by atoms with E-state index in [0.29, 0.717) is 0 Å². The van der Waals surface area contributed by atoms with Gasteiger partial charge in [0.05, 0.1) is 19.0 Å². The highest BCUT2D eigenvalue weighted by Crippen LogP contribution is 2.23. The zero-order valence-electron chi connectivity index (χ0n) is 15.3. The number of benzene rings is 4. The van der Waals surface area contributed by atoms with Crippen molar-refractivity contribution in [2.24, 2.45) is 5.10 Å². The van der Waals surface area contributed by atoms with Crippen LogP contribution in [0.25, 0.3) is 21.5 Å². The molecule has 0 aliphatic rings. The van der Waals surface area contributed by atoms with Crippen molar-refractivity contribution in [3.63, 3.8) is 0 Å². The SMILES string of the molecule is COc1ccc2cc(/C=N\NC(=O)Nc3cccc4ccccc34)ccc2c1. The van der Waals surface area contributed by atoms with E-state index in [9.17, 15) is 4.79 Å². The fourth-order valence-corrected chi connectivity index (χ4v) is 3.10. The number of anilines is 1. The van der Waals surface area contributed by atoms with Gasteiger partial charge in [0.2, 0.25) is 0 Å². The molecule has 0 atom stereocenters. The van der Waals surface area contributed by atoms with Gasteiger partial charge in [-0.1, -0.05) is 54.6 Å². The van der Waals surface area contributed by atoms with Crippen molar-refractivity contribution in [2.45, 2.75) is 0 Å². The second-order valence-corrected chi connectivity index (χ2v) is 6.32. The van der Waals surface area contributed by atoms with Gasteiger partial charge in [0, 0.05) is 5.39 Å². The Morgan fingerprint density at radius 3 is 2.57 bits per heavy atom. The van der Waals surface area contributed by atoms with Crippen LogP contribution in [0, 0.1) is 0 Å². The lowest BCUT2D eigenvalue weighted by atomic mass is 10.1. The largest absolute Gasteiger partial charge is 0.497 e. The average molecular weight is 369 g/mol. The van der Waals surface area contributed by atoms with Gasteiger partial charge < -0.3 is 10.1 Å². The number of carbonyl (C=O) groups is 1. The van der Waals surface area contributed by atoms with Crippen molar-refractivity contribution in [3.8, 4) is 5.75 Å². The molecule has 5 nitrogen and oxygen atoms in total. The summed E-state index contributed by atoms with van der Waals surface area (Å²) < 4.78 is 5.24. The summed E-state index contributed by atoms with van der Waals surface area (Å²) in [4.78, 5) is 12.2. The van der Waals surface area contributed by atoms with Crippen LogP contribution in [0.15, 0.2) is 84.0 Å². The number of rotatable bonds is 4. The first-order valence-corrected chi connectivity index (χ1v) is 8.88. The summed E-state index contributed by atoms with van der Waals surface area (Å²) in [5.41, 5.74) is 4.14. The summed E-state index contributed by atoms with van der Waals surface area (Å²) in [6.07, 6.45) is 1.62. The molecule has 5 heteroatoms. The number of hydrogen-bond donors (Lipinski definition) is 2. The normalized spacial score (nSPS) is 11.0. The third-order valence-electron chi connectivity index (χ3n) is 4.49. The van der Waals surface area contributed by atoms with Crippen LogP contribution in [-0.4, -0.2) is 19.4 Å². The molecule has 0 heterocycles. The fraction of sp³-hybridized carbons (Fsp3) is 0.0435. The van der Waals surface area contributed by atoms with Crippen LogP contribution in [-0.2, 0) is 0 Å². The number of amides is 2. The van der Waals surface area contributed by atoms with Gasteiger partial charge in [-0.15, -0.1) is 0 Å².